The predicted molar refractivity (Wildman–Crippen MR) is 69.2 cm³/mol. The molecule has 0 atom stereocenters. The summed E-state index contributed by atoms with van der Waals surface area (Å²) in [6, 6.07) is 5.23. The number of ether oxygens (including phenoxy) is 1. The van der Waals surface area contributed by atoms with E-state index in [9.17, 15) is 9.59 Å². The summed E-state index contributed by atoms with van der Waals surface area (Å²) in [5, 5.41) is 0. The van der Waals surface area contributed by atoms with Crippen LogP contribution >= 0.6 is 0 Å². The van der Waals surface area contributed by atoms with Gasteiger partial charge in [-0.25, -0.2) is 0 Å². The van der Waals surface area contributed by atoms with Crippen LogP contribution in [0.4, 0.5) is 5.69 Å². The fourth-order valence-electron chi connectivity index (χ4n) is 1.98. The molecule has 0 N–H and O–H groups in total. The molecule has 4 heteroatoms. The Balaban J connectivity index is 2.36. The quantitative estimate of drug-likeness (QED) is 0.768. The van der Waals surface area contributed by atoms with Crippen molar-refractivity contribution in [2.75, 3.05) is 18.1 Å². The maximum absolute atomic E-state index is 11.9. The van der Waals surface area contributed by atoms with E-state index in [1.165, 1.54) is 6.92 Å². The lowest BCUT2D eigenvalue weighted by Crippen LogP contribution is -2.39. The van der Waals surface area contributed by atoms with Gasteiger partial charge in [0.15, 0.2) is 12.4 Å². The fraction of sp³-hybridized carbons (Fsp3) is 0.429. The summed E-state index contributed by atoms with van der Waals surface area (Å²) < 4.78 is 5.38. The third kappa shape index (κ3) is 2.37. The summed E-state index contributed by atoms with van der Waals surface area (Å²) in [4.78, 5) is 25.0. The molecule has 0 bridgehead atoms. The molecule has 0 spiro atoms. The molecule has 1 aromatic rings. The second-order valence-electron chi connectivity index (χ2n) is 4.43. The summed E-state index contributed by atoms with van der Waals surface area (Å²) in [5.74, 6) is 0.624. The van der Waals surface area contributed by atoms with E-state index in [1.807, 2.05) is 0 Å². The van der Waals surface area contributed by atoms with Crippen LogP contribution in [0.15, 0.2) is 18.2 Å². The number of anilines is 1. The van der Waals surface area contributed by atoms with Gasteiger partial charge in [0.25, 0.3) is 5.91 Å². The van der Waals surface area contributed by atoms with E-state index in [2.05, 4.69) is 6.92 Å². The van der Waals surface area contributed by atoms with Crippen LogP contribution in [0.5, 0.6) is 5.75 Å². The number of benzene rings is 1. The van der Waals surface area contributed by atoms with Crippen molar-refractivity contribution in [3.8, 4) is 5.75 Å². The number of hydrogen-bond acceptors (Lipinski definition) is 3. The summed E-state index contributed by atoms with van der Waals surface area (Å²) in [7, 11) is 0. The number of carbonyl (C=O) groups is 2. The van der Waals surface area contributed by atoms with Crippen LogP contribution in [0.25, 0.3) is 0 Å². The van der Waals surface area contributed by atoms with Crippen LogP contribution in [0.1, 0.15) is 37.0 Å². The zero-order chi connectivity index (χ0) is 13.1. The monoisotopic (exact) mass is 247 g/mol. The minimum atomic E-state index is -0.0448. The van der Waals surface area contributed by atoms with E-state index in [0.29, 0.717) is 23.5 Å². The standard InChI is InChI=1S/C14H17NO3/c1-3-4-7-15-12-8-11(10(2)16)5-6-13(12)18-9-14(15)17/h5-6,8H,3-4,7,9H2,1-2H3. The van der Waals surface area contributed by atoms with Gasteiger partial charge in [0.1, 0.15) is 5.75 Å². The van der Waals surface area contributed by atoms with Gasteiger partial charge in [0.05, 0.1) is 5.69 Å². The molecule has 1 aliphatic rings. The van der Waals surface area contributed by atoms with Gasteiger partial charge in [-0.3, -0.25) is 9.59 Å². The predicted octanol–water partition coefficient (Wildman–Crippen LogP) is 2.41. The normalized spacial score (nSPS) is 14.1. The van der Waals surface area contributed by atoms with E-state index in [4.69, 9.17) is 4.74 Å². The van der Waals surface area contributed by atoms with Crippen LogP contribution in [0.2, 0.25) is 0 Å². The maximum Gasteiger partial charge on any atom is 0.265 e. The van der Waals surface area contributed by atoms with Gasteiger partial charge in [-0.15, -0.1) is 0 Å². The molecule has 1 aromatic carbocycles. The molecule has 0 unspecified atom stereocenters. The van der Waals surface area contributed by atoms with Gasteiger partial charge >= 0.3 is 0 Å². The Bertz CT molecular complexity index is 482. The lowest BCUT2D eigenvalue weighted by Gasteiger charge is -2.29. The van der Waals surface area contributed by atoms with Crippen molar-refractivity contribution in [2.45, 2.75) is 26.7 Å². The van der Waals surface area contributed by atoms with Crippen LogP contribution in [-0.4, -0.2) is 24.8 Å². The molecule has 1 amide bonds. The highest BCUT2D eigenvalue weighted by Gasteiger charge is 2.25. The number of nitrogens with zero attached hydrogens (tertiary/aromatic N) is 1. The van der Waals surface area contributed by atoms with E-state index in [0.717, 1.165) is 12.8 Å². The molecule has 0 fully saturated rings. The maximum atomic E-state index is 11.9. The zero-order valence-corrected chi connectivity index (χ0v) is 10.7. The molecule has 4 nitrogen and oxygen atoms in total. The Morgan fingerprint density at radius 1 is 1.44 bits per heavy atom. The number of hydrogen-bond donors (Lipinski definition) is 0. The fourth-order valence-corrected chi connectivity index (χ4v) is 1.98. The van der Waals surface area contributed by atoms with E-state index < -0.39 is 0 Å². The molecule has 0 radical (unpaired) electrons. The minimum Gasteiger partial charge on any atom is -0.482 e. The molecule has 1 heterocycles. The number of carbonyl (C=O) groups excluding carboxylic acids is 2. The van der Waals surface area contributed by atoms with Gasteiger partial charge in [0, 0.05) is 12.1 Å². The Morgan fingerprint density at radius 2 is 2.22 bits per heavy atom. The van der Waals surface area contributed by atoms with Crippen LogP contribution in [-0.2, 0) is 4.79 Å². The summed E-state index contributed by atoms with van der Waals surface area (Å²) in [6.07, 6.45) is 1.96. The first-order chi connectivity index (χ1) is 8.63. The lowest BCUT2D eigenvalue weighted by molar-refractivity contribution is -0.121. The topological polar surface area (TPSA) is 46.6 Å². The first kappa shape index (κ1) is 12.6. The zero-order valence-electron chi connectivity index (χ0n) is 10.7. The number of fused-ring (bicyclic) bond motifs is 1. The summed E-state index contributed by atoms with van der Waals surface area (Å²) in [6.45, 7) is 4.35. The van der Waals surface area contributed by atoms with Gasteiger partial charge in [-0.05, 0) is 31.5 Å². The van der Waals surface area contributed by atoms with Crippen LogP contribution in [0.3, 0.4) is 0 Å². The molecule has 0 saturated carbocycles. The lowest BCUT2D eigenvalue weighted by atomic mass is 10.1. The first-order valence-electron chi connectivity index (χ1n) is 6.21. The second kappa shape index (κ2) is 5.21. The van der Waals surface area contributed by atoms with Crippen LogP contribution in [0, 0.1) is 0 Å². The summed E-state index contributed by atoms with van der Waals surface area (Å²) in [5.41, 5.74) is 1.32. The van der Waals surface area contributed by atoms with Crippen molar-refractivity contribution in [1.82, 2.24) is 0 Å². The van der Waals surface area contributed by atoms with E-state index in [1.54, 1.807) is 23.1 Å². The average molecular weight is 247 g/mol. The molecule has 96 valence electrons. The molecular weight excluding hydrogens is 230 g/mol. The number of Topliss-reactive ketones (excluding diaryl/α,β-unsaturated/α-hetero) is 1. The third-order valence-electron chi connectivity index (χ3n) is 3.04. The Hall–Kier alpha value is -1.84. The molecule has 18 heavy (non-hydrogen) atoms. The SMILES string of the molecule is CCCCN1C(=O)COc2ccc(C(C)=O)cc21. The summed E-state index contributed by atoms with van der Waals surface area (Å²) >= 11 is 0. The van der Waals surface area contributed by atoms with Gasteiger partial charge < -0.3 is 9.64 Å². The Kier molecular flexibility index (Phi) is 3.65. The van der Waals surface area contributed by atoms with Gasteiger partial charge in [-0.1, -0.05) is 13.3 Å². The second-order valence-corrected chi connectivity index (χ2v) is 4.43. The molecule has 0 aromatic heterocycles. The number of unbranched alkanes of at least 4 members (excludes halogenated alkanes) is 1. The molecular formula is C14H17NO3. The highest BCUT2D eigenvalue weighted by Crippen LogP contribution is 2.33. The van der Waals surface area contributed by atoms with Crippen molar-refractivity contribution in [1.29, 1.82) is 0 Å². The van der Waals surface area contributed by atoms with E-state index in [-0.39, 0.29) is 18.3 Å². The largest absolute Gasteiger partial charge is 0.482 e. The number of ketones is 1. The number of rotatable bonds is 4. The highest BCUT2D eigenvalue weighted by atomic mass is 16.5. The van der Waals surface area contributed by atoms with Crippen molar-refractivity contribution in [3.05, 3.63) is 23.8 Å². The number of amides is 1. The first-order valence-corrected chi connectivity index (χ1v) is 6.21. The van der Waals surface area contributed by atoms with Gasteiger partial charge in [0.2, 0.25) is 0 Å². The van der Waals surface area contributed by atoms with Crippen molar-refractivity contribution < 1.29 is 14.3 Å². The highest BCUT2D eigenvalue weighted by molar-refractivity contribution is 6.01. The van der Waals surface area contributed by atoms with Crippen molar-refractivity contribution in [3.63, 3.8) is 0 Å². The minimum absolute atomic E-state index is 0.00809. The van der Waals surface area contributed by atoms with Gasteiger partial charge in [-0.2, -0.15) is 0 Å². The third-order valence-corrected chi connectivity index (χ3v) is 3.04. The Labute approximate surface area is 107 Å². The smallest absolute Gasteiger partial charge is 0.265 e. The van der Waals surface area contributed by atoms with Crippen molar-refractivity contribution in [2.24, 2.45) is 0 Å². The molecule has 0 saturated heterocycles. The molecule has 1 aliphatic heterocycles. The van der Waals surface area contributed by atoms with Crippen LogP contribution < -0.4 is 9.64 Å². The molecule has 2 rings (SSSR count). The van der Waals surface area contributed by atoms with E-state index >= 15 is 0 Å². The average Bonchev–Trinajstić information content (AvgIpc) is 2.37. The molecule has 0 aliphatic carbocycles. The Morgan fingerprint density at radius 3 is 2.89 bits per heavy atom. The van der Waals surface area contributed by atoms with Crippen molar-refractivity contribution >= 4 is 17.4 Å².